The van der Waals surface area contributed by atoms with Gasteiger partial charge in [0.1, 0.15) is 54.6 Å². The fourth-order valence-corrected chi connectivity index (χ4v) is 6.02. The second-order valence-corrected chi connectivity index (χ2v) is 14.0. The molecule has 2 amide bonds. The van der Waals surface area contributed by atoms with Gasteiger partial charge in [0.25, 0.3) is 0 Å². The summed E-state index contributed by atoms with van der Waals surface area (Å²) in [4.78, 5) is 35.0. The van der Waals surface area contributed by atoms with Gasteiger partial charge >= 0.3 is 0 Å². The van der Waals surface area contributed by atoms with Crippen LogP contribution in [0.15, 0.2) is 12.3 Å². The van der Waals surface area contributed by atoms with Crippen molar-refractivity contribution in [2.45, 2.75) is 173 Å². The van der Waals surface area contributed by atoms with Gasteiger partial charge in [-0.1, -0.05) is 39.7 Å². The number of amides is 2. The maximum absolute atomic E-state index is 11.9. The maximum Gasteiger partial charge on any atom is 0.220 e. The number of ether oxygens (including phenoxy) is 4. The smallest absolute Gasteiger partial charge is 0.220 e. The molecular weight excluding hydrogens is 750 g/mol. The summed E-state index contributed by atoms with van der Waals surface area (Å²) in [6.07, 6.45) is -2.42. The molecule has 0 bridgehead atoms. The monoisotopic (exact) mass is 826 g/mol. The molecule has 11 N–H and O–H groups in total. The lowest BCUT2D eigenvalue weighted by Crippen LogP contribution is -2.59. The number of Topliss-reactive ketones (excluding diaryl/α,β-unsaturated/α-hetero) is 1. The fourth-order valence-electron chi connectivity index (χ4n) is 6.02. The predicted molar refractivity (Wildman–Crippen MR) is 210 cm³/mol. The molecule has 2 aliphatic rings. The van der Waals surface area contributed by atoms with Gasteiger partial charge in [0, 0.05) is 51.0 Å². The lowest BCUT2D eigenvalue weighted by Gasteiger charge is -2.39. The van der Waals surface area contributed by atoms with E-state index >= 15 is 0 Å². The van der Waals surface area contributed by atoms with Crippen LogP contribution in [0.3, 0.4) is 0 Å². The Bertz CT molecular complexity index is 1000. The van der Waals surface area contributed by atoms with Crippen LogP contribution in [0.1, 0.15) is 111 Å². The second-order valence-electron chi connectivity index (χ2n) is 14.0. The number of unbranched alkanes of at least 4 members (excludes halogenated alkanes) is 6. The molecule has 18 heteroatoms. The number of ketones is 1. The zero-order valence-electron chi connectivity index (χ0n) is 33.3. The third-order valence-corrected chi connectivity index (χ3v) is 9.33. The molecule has 2 heterocycles. The molecule has 2 aliphatic heterocycles. The highest BCUT2D eigenvalue weighted by Crippen LogP contribution is 2.23. The summed E-state index contributed by atoms with van der Waals surface area (Å²) in [7, 11) is 0. The average Bonchev–Trinajstić information content (AvgIpc) is 3.18. The minimum atomic E-state index is -1.47. The van der Waals surface area contributed by atoms with Crippen LogP contribution in [0.25, 0.3) is 0 Å². The van der Waals surface area contributed by atoms with E-state index in [0.29, 0.717) is 38.6 Å². The Labute approximate surface area is 338 Å². The van der Waals surface area contributed by atoms with E-state index in [2.05, 4.69) is 22.5 Å². The lowest BCUT2D eigenvalue weighted by molar-refractivity contribution is -0.301. The van der Waals surface area contributed by atoms with Crippen molar-refractivity contribution >= 4 is 17.6 Å². The number of hydrogen-bond acceptors (Lipinski definition) is 16. The number of allylic oxidation sites excluding steroid dienone is 1. The molecule has 336 valence electrons. The maximum atomic E-state index is 11.9. The van der Waals surface area contributed by atoms with Crippen LogP contribution < -0.4 is 16.0 Å². The third-order valence-electron chi connectivity index (χ3n) is 9.33. The zero-order valence-corrected chi connectivity index (χ0v) is 33.3. The summed E-state index contributed by atoms with van der Waals surface area (Å²) < 4.78 is 21.1. The van der Waals surface area contributed by atoms with Gasteiger partial charge in [-0.25, -0.2) is 0 Å². The third kappa shape index (κ3) is 22.6. The van der Waals surface area contributed by atoms with Crippen molar-refractivity contribution in [2.24, 2.45) is 0 Å². The van der Waals surface area contributed by atoms with Gasteiger partial charge in [-0.3, -0.25) is 14.4 Å². The van der Waals surface area contributed by atoms with Crippen molar-refractivity contribution in [2.75, 3.05) is 46.1 Å². The van der Waals surface area contributed by atoms with E-state index in [1.807, 2.05) is 13.8 Å². The Morgan fingerprint density at radius 3 is 1.44 bits per heavy atom. The van der Waals surface area contributed by atoms with Gasteiger partial charge in [0.15, 0.2) is 12.6 Å². The average molecular weight is 826 g/mol. The van der Waals surface area contributed by atoms with Gasteiger partial charge in [-0.2, -0.15) is 0 Å². The zero-order chi connectivity index (χ0) is 41.9. The van der Waals surface area contributed by atoms with Gasteiger partial charge in [0.05, 0.1) is 26.4 Å². The van der Waals surface area contributed by atoms with E-state index in [4.69, 9.17) is 29.2 Å². The molecule has 10 atom stereocenters. The number of rotatable bonds is 28. The second kappa shape index (κ2) is 32.5. The lowest BCUT2D eigenvalue weighted by atomic mass is 9.99. The van der Waals surface area contributed by atoms with E-state index in [0.717, 1.165) is 70.0 Å². The summed E-state index contributed by atoms with van der Waals surface area (Å²) in [6.45, 7) is 8.84. The van der Waals surface area contributed by atoms with Gasteiger partial charge < -0.3 is 75.8 Å². The quantitative estimate of drug-likeness (QED) is 0.0450. The highest BCUT2D eigenvalue weighted by atomic mass is 16.7. The summed E-state index contributed by atoms with van der Waals surface area (Å²) >= 11 is 0. The van der Waals surface area contributed by atoms with Gasteiger partial charge in [-0.15, -0.1) is 0 Å². The highest BCUT2D eigenvalue weighted by molar-refractivity contribution is 5.78. The Kier molecular flexibility index (Phi) is 31.2. The standard InChI is InChI=1S/C19H36N2O7.C19H35NO8.CH4/c1-3-20-13(2)8-6-4-5-7-9-15(23)21-10-11-27-19-18(26)17(25)16(24)14(12-22)28-19;1-2-20-15(23)10-6-4-3-5-8-13(22)9-7-11-27-19-18(26)17(25)16(24)14(12-21)28-19;/h14,16-20,22,24-26H,2-12H2,1H3,(H,21,23);14,16-19,21,24-26H,2-12H2,1H3,(H,20,23);1H4/t2*14-,16-,17+,18+,19+;/m11./s1. The van der Waals surface area contributed by atoms with E-state index in [1.54, 1.807) is 0 Å². The van der Waals surface area contributed by atoms with Crippen LogP contribution in [0.4, 0.5) is 0 Å². The molecule has 18 nitrogen and oxygen atoms in total. The summed E-state index contributed by atoms with van der Waals surface area (Å²) in [5, 5.41) is 85.3. The molecule has 2 rings (SSSR count). The van der Waals surface area contributed by atoms with E-state index in [1.165, 1.54) is 0 Å². The first kappa shape index (κ1) is 54.7. The molecule has 0 spiro atoms. The molecule has 0 aromatic heterocycles. The van der Waals surface area contributed by atoms with Crippen molar-refractivity contribution in [1.82, 2.24) is 16.0 Å². The summed E-state index contributed by atoms with van der Waals surface area (Å²) in [5.74, 6) is 0.119. The van der Waals surface area contributed by atoms with Gasteiger partial charge in [0.2, 0.25) is 11.8 Å². The van der Waals surface area contributed by atoms with Crippen LogP contribution in [0.5, 0.6) is 0 Å². The number of hydrogen-bond donors (Lipinski definition) is 11. The van der Waals surface area contributed by atoms with E-state index in [9.17, 15) is 45.0 Å². The molecular formula is C39H75N3O15. The Hall–Kier alpha value is -2.33. The molecule has 0 saturated carbocycles. The summed E-state index contributed by atoms with van der Waals surface area (Å²) in [5.41, 5.74) is 1.06. The number of aliphatic hydroxyl groups excluding tert-OH is 8. The first-order valence-corrected chi connectivity index (χ1v) is 20.1. The molecule has 57 heavy (non-hydrogen) atoms. The Morgan fingerprint density at radius 1 is 0.544 bits per heavy atom. The molecule has 0 radical (unpaired) electrons. The molecule has 2 saturated heterocycles. The summed E-state index contributed by atoms with van der Waals surface area (Å²) in [6, 6.07) is 0. The molecule has 0 unspecified atom stereocenters. The molecule has 0 aromatic carbocycles. The molecule has 2 fully saturated rings. The van der Waals surface area contributed by atoms with Crippen LogP contribution in [-0.4, -0.2) is 166 Å². The van der Waals surface area contributed by atoms with Crippen molar-refractivity contribution in [3.63, 3.8) is 0 Å². The SMILES string of the molecule is C.C=C(CCCCCCC(=O)NCCO[C@H]1O[C@H](CO)[C@@H](O)[C@H](O)[C@@H]1O)NCC.CCNC(=O)CCCCCCC(=O)CCCO[C@H]1O[C@H](CO)[C@@H](O)[C@H](O)[C@@H]1O. The highest BCUT2D eigenvalue weighted by Gasteiger charge is 2.45. The normalized spacial score (nSPS) is 27.0. The first-order chi connectivity index (χ1) is 26.8. The van der Waals surface area contributed by atoms with Crippen molar-refractivity contribution in [3.8, 4) is 0 Å². The van der Waals surface area contributed by atoms with E-state index in [-0.39, 0.29) is 44.8 Å². The van der Waals surface area contributed by atoms with Crippen LogP contribution in [0, 0.1) is 0 Å². The Morgan fingerprint density at radius 2 is 0.965 bits per heavy atom. The molecule has 0 aliphatic carbocycles. The topological polar surface area (TPSA) is 286 Å². The number of carbonyl (C=O) groups excluding carboxylic acids is 3. The minimum absolute atomic E-state index is 0. The van der Waals surface area contributed by atoms with Crippen molar-refractivity contribution < 1.29 is 74.2 Å². The number of aliphatic hydroxyl groups is 8. The fraction of sp³-hybridized carbons (Fsp3) is 0.872. The van der Waals surface area contributed by atoms with Crippen molar-refractivity contribution in [1.29, 1.82) is 0 Å². The van der Waals surface area contributed by atoms with Crippen molar-refractivity contribution in [3.05, 3.63) is 12.3 Å². The predicted octanol–water partition coefficient (Wildman–Crippen LogP) is -0.352. The van der Waals surface area contributed by atoms with Crippen LogP contribution in [-0.2, 0) is 33.3 Å². The van der Waals surface area contributed by atoms with Crippen LogP contribution >= 0.6 is 0 Å². The first-order valence-electron chi connectivity index (χ1n) is 20.1. The minimum Gasteiger partial charge on any atom is -0.394 e. The largest absolute Gasteiger partial charge is 0.394 e. The molecule has 0 aromatic rings. The number of carbonyl (C=O) groups is 3. The number of nitrogens with one attached hydrogen (secondary N) is 3. The Balaban J connectivity index is 0.00000108. The van der Waals surface area contributed by atoms with E-state index < -0.39 is 74.6 Å². The van der Waals surface area contributed by atoms with Crippen LogP contribution in [0.2, 0.25) is 0 Å². The van der Waals surface area contributed by atoms with Gasteiger partial charge in [-0.05, 0) is 52.4 Å².